The minimum atomic E-state index is -0.363. The quantitative estimate of drug-likeness (QED) is 0.494. The molecule has 1 fully saturated rings. The van der Waals surface area contributed by atoms with Crippen LogP contribution in [0.4, 0.5) is 4.39 Å². The van der Waals surface area contributed by atoms with Crippen LogP contribution in [0.5, 0.6) is 0 Å². The predicted molar refractivity (Wildman–Crippen MR) is 130 cm³/mol. The van der Waals surface area contributed by atoms with Gasteiger partial charge in [-0.1, -0.05) is 0 Å². The Kier molecular flexibility index (Phi) is 5.75. The van der Waals surface area contributed by atoms with Gasteiger partial charge in [-0.3, -0.25) is 9.59 Å². The number of benzene rings is 2. The maximum absolute atomic E-state index is 13.6. The summed E-state index contributed by atoms with van der Waals surface area (Å²) in [6.45, 7) is 1.65. The van der Waals surface area contributed by atoms with Crippen molar-refractivity contribution < 1.29 is 9.18 Å². The smallest absolute Gasteiger partial charge is 0.256 e. The Bertz CT molecular complexity index is 1410. The third kappa shape index (κ3) is 4.24. The van der Waals surface area contributed by atoms with Gasteiger partial charge in [0.1, 0.15) is 5.82 Å². The van der Waals surface area contributed by atoms with Crippen LogP contribution in [0, 0.1) is 5.82 Å². The molecule has 1 amide bonds. The number of fused-ring (bicyclic) bond motifs is 1. The van der Waals surface area contributed by atoms with Crippen molar-refractivity contribution in [2.24, 2.45) is 0 Å². The minimum absolute atomic E-state index is 0.0481. The minimum Gasteiger partial charge on any atom is -0.334 e. The summed E-state index contributed by atoms with van der Waals surface area (Å²) in [5.74, 6) is -0.315. The van der Waals surface area contributed by atoms with Gasteiger partial charge in [0.2, 0.25) is 0 Å². The lowest BCUT2D eigenvalue weighted by Crippen LogP contribution is -2.41. The highest BCUT2D eigenvalue weighted by Gasteiger charge is 2.29. The molecule has 2 aromatic heterocycles. The van der Waals surface area contributed by atoms with Crippen LogP contribution in [-0.2, 0) is 0 Å². The average Bonchev–Trinajstić information content (AvgIpc) is 3.48. The van der Waals surface area contributed by atoms with E-state index in [9.17, 15) is 14.0 Å². The molecule has 2 aromatic carbocycles. The molecule has 5 rings (SSSR count). The molecule has 0 aliphatic carbocycles. The molecule has 0 bridgehead atoms. The second-order valence-electron chi connectivity index (χ2n) is 9.02. The van der Waals surface area contributed by atoms with Gasteiger partial charge in [0, 0.05) is 47.4 Å². The van der Waals surface area contributed by atoms with Crippen LogP contribution < -0.4 is 5.56 Å². The molecule has 1 unspecified atom stereocenters. The highest BCUT2D eigenvalue weighted by Crippen LogP contribution is 2.23. The van der Waals surface area contributed by atoms with Gasteiger partial charge in [-0.2, -0.15) is 5.10 Å². The molecule has 0 spiro atoms. The molecule has 174 valence electrons. The number of nitrogens with zero attached hydrogens (tertiary/aromatic N) is 4. The van der Waals surface area contributed by atoms with E-state index in [2.05, 4.69) is 15.0 Å². The fourth-order valence-electron chi connectivity index (χ4n) is 4.63. The summed E-state index contributed by atoms with van der Waals surface area (Å²) in [5, 5.41) is 5.00. The number of rotatable bonds is 5. The van der Waals surface area contributed by atoms with Crippen LogP contribution in [0.15, 0.2) is 65.7 Å². The molecule has 34 heavy (non-hydrogen) atoms. The number of halogens is 1. The van der Waals surface area contributed by atoms with Gasteiger partial charge < -0.3 is 14.8 Å². The zero-order chi connectivity index (χ0) is 23.8. The molecule has 3 heterocycles. The Balaban J connectivity index is 1.38. The van der Waals surface area contributed by atoms with E-state index in [-0.39, 0.29) is 23.3 Å². The molecule has 8 heteroatoms. The molecular weight excluding hydrogens is 433 g/mol. The Morgan fingerprint density at radius 1 is 1.18 bits per heavy atom. The molecular formula is C26H26FN5O2. The van der Waals surface area contributed by atoms with Crippen LogP contribution >= 0.6 is 0 Å². The fourth-order valence-corrected chi connectivity index (χ4v) is 4.63. The lowest BCUT2D eigenvalue weighted by Gasteiger charge is -2.27. The number of carbonyl (C=O) groups excluding carboxylic acids is 1. The van der Waals surface area contributed by atoms with Crippen molar-refractivity contribution in [1.29, 1.82) is 0 Å². The Morgan fingerprint density at radius 3 is 2.74 bits per heavy atom. The van der Waals surface area contributed by atoms with Crippen LogP contribution in [0.2, 0.25) is 0 Å². The first-order chi connectivity index (χ1) is 16.4. The number of hydrogen-bond donors (Lipinski definition) is 1. The SMILES string of the molecule is CN(C)CC1CCCN1C(=O)c1ccc(-n2cc(-c3cc4cc(F)ccc4[nH]c3=O)cn2)cc1. The average molecular weight is 460 g/mol. The van der Waals surface area contributed by atoms with Crippen molar-refractivity contribution in [2.45, 2.75) is 18.9 Å². The number of pyridine rings is 1. The Labute approximate surface area is 196 Å². The molecule has 1 atom stereocenters. The van der Waals surface area contributed by atoms with E-state index < -0.39 is 0 Å². The highest BCUT2D eigenvalue weighted by atomic mass is 19.1. The third-order valence-corrected chi connectivity index (χ3v) is 6.29. The number of likely N-dealkylation sites (tertiary alicyclic amines) is 1. The van der Waals surface area contributed by atoms with Crippen LogP contribution in [0.1, 0.15) is 23.2 Å². The van der Waals surface area contributed by atoms with Crippen molar-refractivity contribution in [3.05, 3.63) is 82.7 Å². The third-order valence-electron chi connectivity index (χ3n) is 6.29. The van der Waals surface area contributed by atoms with Crippen molar-refractivity contribution in [3.63, 3.8) is 0 Å². The van der Waals surface area contributed by atoms with E-state index in [0.717, 1.165) is 31.6 Å². The zero-order valence-corrected chi connectivity index (χ0v) is 19.2. The number of aromatic nitrogens is 3. The van der Waals surface area contributed by atoms with Crippen molar-refractivity contribution in [2.75, 3.05) is 27.2 Å². The van der Waals surface area contributed by atoms with Crippen LogP contribution in [0.25, 0.3) is 27.7 Å². The second-order valence-corrected chi connectivity index (χ2v) is 9.02. The molecule has 1 aliphatic rings. The molecule has 4 aromatic rings. The molecule has 0 saturated carbocycles. The first-order valence-corrected chi connectivity index (χ1v) is 11.3. The number of amides is 1. The molecule has 0 radical (unpaired) electrons. The lowest BCUT2D eigenvalue weighted by atomic mass is 10.1. The van der Waals surface area contributed by atoms with Gasteiger partial charge in [-0.05, 0) is 75.5 Å². The van der Waals surface area contributed by atoms with Gasteiger partial charge in [0.05, 0.1) is 17.4 Å². The molecule has 1 aliphatic heterocycles. The number of likely N-dealkylation sites (N-methyl/N-ethyl adjacent to an activating group) is 1. The van der Waals surface area contributed by atoms with Gasteiger partial charge in [0.25, 0.3) is 11.5 Å². The van der Waals surface area contributed by atoms with Gasteiger partial charge >= 0.3 is 0 Å². The maximum atomic E-state index is 13.6. The van der Waals surface area contributed by atoms with E-state index in [4.69, 9.17) is 0 Å². The summed E-state index contributed by atoms with van der Waals surface area (Å²) >= 11 is 0. The fraction of sp³-hybridized carbons (Fsp3) is 0.269. The summed E-state index contributed by atoms with van der Waals surface area (Å²) in [7, 11) is 4.05. The van der Waals surface area contributed by atoms with E-state index in [0.29, 0.717) is 27.6 Å². The van der Waals surface area contributed by atoms with Crippen molar-refractivity contribution in [3.8, 4) is 16.8 Å². The predicted octanol–water partition coefficient (Wildman–Crippen LogP) is 3.69. The molecule has 1 N–H and O–H groups in total. The number of hydrogen-bond acceptors (Lipinski definition) is 4. The first kappa shape index (κ1) is 22.0. The Morgan fingerprint density at radius 2 is 1.97 bits per heavy atom. The van der Waals surface area contributed by atoms with Crippen LogP contribution in [0.3, 0.4) is 0 Å². The van der Waals surface area contributed by atoms with Gasteiger partial charge in [0.15, 0.2) is 0 Å². The van der Waals surface area contributed by atoms with E-state index in [1.807, 2.05) is 43.3 Å². The number of nitrogens with one attached hydrogen (secondary N) is 1. The van der Waals surface area contributed by atoms with Crippen LogP contribution in [-0.4, -0.2) is 63.7 Å². The molecule has 1 saturated heterocycles. The maximum Gasteiger partial charge on any atom is 0.256 e. The summed E-state index contributed by atoms with van der Waals surface area (Å²) in [5.41, 5.74) is 2.77. The monoisotopic (exact) mass is 459 g/mol. The second kappa shape index (κ2) is 8.87. The van der Waals surface area contributed by atoms with E-state index >= 15 is 0 Å². The highest BCUT2D eigenvalue weighted by molar-refractivity contribution is 5.94. The van der Waals surface area contributed by atoms with Crippen molar-refractivity contribution in [1.82, 2.24) is 24.6 Å². The first-order valence-electron chi connectivity index (χ1n) is 11.3. The topological polar surface area (TPSA) is 74.2 Å². The molecule has 7 nitrogen and oxygen atoms in total. The largest absolute Gasteiger partial charge is 0.334 e. The standard InChI is InChI=1S/C26H26FN5O2/c1-30(2)16-22-4-3-11-31(22)26(34)17-5-8-21(9-6-17)32-15-19(14-28-32)23-13-18-12-20(27)7-10-24(18)29-25(23)33/h5-10,12-15,22H,3-4,11,16H2,1-2H3,(H,29,33). The summed E-state index contributed by atoms with van der Waals surface area (Å²) < 4.78 is 15.3. The summed E-state index contributed by atoms with van der Waals surface area (Å²) in [4.78, 5) is 32.5. The number of carbonyl (C=O) groups is 1. The van der Waals surface area contributed by atoms with Gasteiger partial charge in [-0.25, -0.2) is 9.07 Å². The van der Waals surface area contributed by atoms with E-state index in [1.54, 1.807) is 29.2 Å². The van der Waals surface area contributed by atoms with Crippen molar-refractivity contribution >= 4 is 16.8 Å². The zero-order valence-electron chi connectivity index (χ0n) is 19.2. The van der Waals surface area contributed by atoms with E-state index in [1.165, 1.54) is 12.1 Å². The normalized spacial score (nSPS) is 16.0. The number of H-pyrrole nitrogens is 1. The summed E-state index contributed by atoms with van der Waals surface area (Å²) in [6, 6.07) is 13.5. The summed E-state index contributed by atoms with van der Waals surface area (Å²) in [6.07, 6.45) is 5.41. The number of aromatic amines is 1. The lowest BCUT2D eigenvalue weighted by molar-refractivity contribution is 0.0716. The Hall–Kier alpha value is -3.78. The van der Waals surface area contributed by atoms with Gasteiger partial charge in [-0.15, -0.1) is 0 Å².